The van der Waals surface area contributed by atoms with Gasteiger partial charge in [-0.05, 0) is 36.2 Å². The first-order chi connectivity index (χ1) is 11.6. The summed E-state index contributed by atoms with van der Waals surface area (Å²) >= 11 is 5.98. The summed E-state index contributed by atoms with van der Waals surface area (Å²) in [6.45, 7) is 2.60. The number of halogens is 1. The standard InChI is InChI=1S/C18H19ClN2O3/c1-23-18(22)17-6-5-13(10-20-17)11-21-8-7-16(12-21)24-15-4-2-3-14(19)9-15/h2-6,9-10,16H,7-8,11-12H2,1H3/t16-/m1/s1. The highest BCUT2D eigenvalue weighted by atomic mass is 35.5. The topological polar surface area (TPSA) is 51.7 Å². The third-order valence-electron chi connectivity index (χ3n) is 3.95. The Morgan fingerprint density at radius 2 is 2.25 bits per heavy atom. The first-order valence-electron chi connectivity index (χ1n) is 7.82. The fraction of sp³-hybridized carbons (Fsp3) is 0.333. The summed E-state index contributed by atoms with van der Waals surface area (Å²) in [4.78, 5) is 17.8. The molecule has 0 radical (unpaired) electrons. The van der Waals surface area contributed by atoms with Gasteiger partial charge in [0.15, 0.2) is 0 Å². The molecule has 1 aromatic carbocycles. The molecule has 24 heavy (non-hydrogen) atoms. The Morgan fingerprint density at radius 3 is 2.96 bits per heavy atom. The van der Waals surface area contributed by atoms with Crippen molar-refractivity contribution < 1.29 is 14.3 Å². The van der Waals surface area contributed by atoms with Crippen LogP contribution >= 0.6 is 11.6 Å². The molecule has 1 saturated heterocycles. The molecule has 1 aliphatic heterocycles. The fourth-order valence-electron chi connectivity index (χ4n) is 2.77. The smallest absolute Gasteiger partial charge is 0.356 e. The van der Waals surface area contributed by atoms with Gasteiger partial charge in [-0.3, -0.25) is 4.90 Å². The zero-order chi connectivity index (χ0) is 16.9. The van der Waals surface area contributed by atoms with E-state index in [-0.39, 0.29) is 6.10 Å². The van der Waals surface area contributed by atoms with Gasteiger partial charge in [0.25, 0.3) is 0 Å². The van der Waals surface area contributed by atoms with Crippen LogP contribution in [0.2, 0.25) is 5.02 Å². The van der Waals surface area contributed by atoms with Crippen molar-refractivity contribution in [2.45, 2.75) is 19.1 Å². The summed E-state index contributed by atoms with van der Waals surface area (Å²) in [6.07, 6.45) is 2.85. The molecular formula is C18H19ClN2O3. The van der Waals surface area contributed by atoms with Crippen LogP contribution in [0.25, 0.3) is 0 Å². The number of ether oxygens (including phenoxy) is 2. The molecule has 2 aromatic rings. The minimum absolute atomic E-state index is 0.158. The molecule has 0 aliphatic carbocycles. The van der Waals surface area contributed by atoms with Gasteiger partial charge in [-0.15, -0.1) is 0 Å². The van der Waals surface area contributed by atoms with E-state index in [1.165, 1.54) is 7.11 Å². The van der Waals surface area contributed by atoms with E-state index in [2.05, 4.69) is 14.6 Å². The average molecular weight is 347 g/mol. The number of rotatable bonds is 5. The van der Waals surface area contributed by atoms with Gasteiger partial charge in [0.2, 0.25) is 0 Å². The van der Waals surface area contributed by atoms with Gasteiger partial charge >= 0.3 is 5.97 Å². The van der Waals surface area contributed by atoms with Crippen molar-refractivity contribution in [2.75, 3.05) is 20.2 Å². The summed E-state index contributed by atoms with van der Waals surface area (Å²) in [5.74, 6) is 0.385. The van der Waals surface area contributed by atoms with Crippen molar-refractivity contribution in [3.05, 3.63) is 58.9 Å². The van der Waals surface area contributed by atoms with Gasteiger partial charge in [-0.25, -0.2) is 9.78 Å². The van der Waals surface area contributed by atoms with Crippen LogP contribution in [-0.2, 0) is 11.3 Å². The zero-order valence-corrected chi connectivity index (χ0v) is 14.2. The summed E-state index contributed by atoms with van der Waals surface area (Å²) in [5, 5.41) is 0.680. The predicted molar refractivity (Wildman–Crippen MR) is 91.3 cm³/mol. The van der Waals surface area contributed by atoms with Crippen molar-refractivity contribution in [1.82, 2.24) is 9.88 Å². The number of nitrogens with zero attached hydrogens (tertiary/aromatic N) is 2. The van der Waals surface area contributed by atoms with Crippen molar-refractivity contribution >= 4 is 17.6 Å². The summed E-state index contributed by atoms with van der Waals surface area (Å²) < 4.78 is 10.6. The molecule has 0 bridgehead atoms. The van der Waals surface area contributed by atoms with E-state index in [0.29, 0.717) is 10.7 Å². The van der Waals surface area contributed by atoms with E-state index >= 15 is 0 Å². The Bertz CT molecular complexity index is 706. The lowest BCUT2D eigenvalue weighted by Gasteiger charge is -2.17. The second-order valence-corrected chi connectivity index (χ2v) is 6.20. The van der Waals surface area contributed by atoms with Crippen LogP contribution in [0.3, 0.4) is 0 Å². The summed E-state index contributed by atoms with van der Waals surface area (Å²) in [7, 11) is 1.35. The third-order valence-corrected chi connectivity index (χ3v) is 4.19. The minimum atomic E-state index is -0.419. The van der Waals surface area contributed by atoms with Crippen molar-refractivity contribution in [2.24, 2.45) is 0 Å². The largest absolute Gasteiger partial charge is 0.489 e. The van der Waals surface area contributed by atoms with Crippen molar-refractivity contribution in [3.8, 4) is 5.75 Å². The Balaban J connectivity index is 1.53. The molecule has 6 heteroatoms. The molecule has 1 fully saturated rings. The maximum atomic E-state index is 11.4. The molecule has 0 N–H and O–H groups in total. The molecule has 0 spiro atoms. The number of esters is 1. The van der Waals surface area contributed by atoms with Gasteiger partial charge in [0.05, 0.1) is 7.11 Å². The number of carbonyl (C=O) groups is 1. The molecule has 1 aliphatic rings. The Morgan fingerprint density at radius 1 is 1.38 bits per heavy atom. The van der Waals surface area contributed by atoms with E-state index in [9.17, 15) is 4.79 Å². The normalized spacial score (nSPS) is 17.7. The first kappa shape index (κ1) is 16.7. The first-order valence-corrected chi connectivity index (χ1v) is 8.19. The number of benzene rings is 1. The monoisotopic (exact) mass is 346 g/mol. The third kappa shape index (κ3) is 4.24. The van der Waals surface area contributed by atoms with E-state index in [1.807, 2.05) is 30.3 Å². The van der Waals surface area contributed by atoms with Gasteiger partial charge in [0, 0.05) is 30.9 Å². The number of hydrogen-bond acceptors (Lipinski definition) is 5. The van der Waals surface area contributed by atoms with Crippen LogP contribution < -0.4 is 4.74 Å². The zero-order valence-electron chi connectivity index (χ0n) is 13.4. The number of hydrogen-bond donors (Lipinski definition) is 0. The van der Waals surface area contributed by atoms with E-state index < -0.39 is 5.97 Å². The second-order valence-electron chi connectivity index (χ2n) is 5.76. The molecule has 126 valence electrons. The molecule has 1 atom stereocenters. The van der Waals surface area contributed by atoms with Crippen LogP contribution in [0.1, 0.15) is 22.5 Å². The lowest BCUT2D eigenvalue weighted by molar-refractivity contribution is 0.0594. The molecule has 3 rings (SSSR count). The summed E-state index contributed by atoms with van der Waals surface area (Å²) in [5.41, 5.74) is 1.39. The quantitative estimate of drug-likeness (QED) is 0.778. The molecule has 1 aromatic heterocycles. The average Bonchev–Trinajstić information content (AvgIpc) is 3.02. The number of aromatic nitrogens is 1. The number of carbonyl (C=O) groups excluding carboxylic acids is 1. The van der Waals surface area contributed by atoms with Crippen molar-refractivity contribution in [3.63, 3.8) is 0 Å². The Hall–Kier alpha value is -2.11. The lowest BCUT2D eigenvalue weighted by atomic mass is 10.2. The van der Waals surface area contributed by atoms with Crippen LogP contribution in [0.5, 0.6) is 5.75 Å². The molecule has 0 saturated carbocycles. The van der Waals surface area contributed by atoms with E-state index in [4.69, 9.17) is 16.3 Å². The highest BCUT2D eigenvalue weighted by Gasteiger charge is 2.24. The predicted octanol–water partition coefficient (Wildman–Crippen LogP) is 3.17. The van der Waals surface area contributed by atoms with Crippen LogP contribution in [0.4, 0.5) is 0 Å². The van der Waals surface area contributed by atoms with Crippen LogP contribution in [-0.4, -0.2) is 42.2 Å². The fourth-order valence-corrected chi connectivity index (χ4v) is 2.95. The summed E-state index contributed by atoms with van der Waals surface area (Å²) in [6, 6.07) is 11.1. The number of methoxy groups -OCH3 is 1. The highest BCUT2D eigenvalue weighted by Crippen LogP contribution is 2.22. The lowest BCUT2D eigenvalue weighted by Crippen LogP contribution is -2.24. The second kappa shape index (κ2) is 7.64. The molecule has 0 unspecified atom stereocenters. The Labute approximate surface area is 146 Å². The maximum absolute atomic E-state index is 11.4. The van der Waals surface area contributed by atoms with Crippen molar-refractivity contribution in [1.29, 1.82) is 0 Å². The SMILES string of the molecule is COC(=O)c1ccc(CN2CC[C@@H](Oc3cccc(Cl)c3)C2)cn1. The van der Waals surface area contributed by atoms with Gasteiger partial charge in [0.1, 0.15) is 17.5 Å². The van der Waals surface area contributed by atoms with Gasteiger partial charge < -0.3 is 9.47 Å². The molecule has 0 amide bonds. The number of pyridine rings is 1. The van der Waals surface area contributed by atoms with Gasteiger partial charge in [-0.2, -0.15) is 0 Å². The molecule has 5 nitrogen and oxygen atoms in total. The highest BCUT2D eigenvalue weighted by molar-refractivity contribution is 6.30. The maximum Gasteiger partial charge on any atom is 0.356 e. The molecule has 2 heterocycles. The van der Waals surface area contributed by atoms with Gasteiger partial charge in [-0.1, -0.05) is 23.7 Å². The number of likely N-dealkylation sites (tertiary alicyclic amines) is 1. The van der Waals surface area contributed by atoms with Crippen LogP contribution in [0, 0.1) is 0 Å². The molecular weight excluding hydrogens is 328 g/mol. The minimum Gasteiger partial charge on any atom is -0.489 e. The Kier molecular flexibility index (Phi) is 5.33. The van der Waals surface area contributed by atoms with E-state index in [0.717, 1.165) is 37.4 Å². The van der Waals surface area contributed by atoms with Crippen LogP contribution in [0.15, 0.2) is 42.6 Å². The van der Waals surface area contributed by atoms with E-state index in [1.54, 1.807) is 12.3 Å².